The highest BCUT2D eigenvalue weighted by atomic mass is 35.5. The Morgan fingerprint density at radius 2 is 1.93 bits per heavy atom. The van der Waals surface area contributed by atoms with E-state index in [0.717, 1.165) is 17.2 Å². The minimum atomic E-state index is -2.94. The van der Waals surface area contributed by atoms with Crippen LogP contribution in [0.25, 0.3) is 0 Å². The van der Waals surface area contributed by atoms with Gasteiger partial charge in [-0.15, -0.1) is 0 Å². The topological polar surface area (TPSA) is 128 Å². The van der Waals surface area contributed by atoms with Gasteiger partial charge in [-0.3, -0.25) is 24.3 Å². The molecule has 3 amide bonds. The molecule has 2 atom stereocenters. The van der Waals surface area contributed by atoms with E-state index >= 15 is 0 Å². The van der Waals surface area contributed by atoms with Gasteiger partial charge in [-0.1, -0.05) is 29.8 Å². The first-order chi connectivity index (χ1) is 19.5. The van der Waals surface area contributed by atoms with Gasteiger partial charge in [-0.05, 0) is 30.2 Å². The molecule has 1 unspecified atom stereocenters. The van der Waals surface area contributed by atoms with Crippen LogP contribution in [-0.2, 0) is 14.4 Å². The van der Waals surface area contributed by atoms with E-state index in [0.29, 0.717) is 0 Å². The summed E-state index contributed by atoms with van der Waals surface area (Å²) < 4.78 is 41.3. The average molecular weight is 583 g/mol. The zero-order valence-electron chi connectivity index (χ0n) is 21.3. The molecule has 5 rings (SSSR count). The van der Waals surface area contributed by atoms with Gasteiger partial charge in [0.25, 0.3) is 11.8 Å². The lowest BCUT2D eigenvalue weighted by Crippen LogP contribution is -2.63. The Kier molecular flexibility index (Phi) is 7.40. The Morgan fingerprint density at radius 3 is 2.61 bits per heavy atom. The van der Waals surface area contributed by atoms with Gasteiger partial charge in [0.05, 0.1) is 35.6 Å². The van der Waals surface area contributed by atoms with Crippen LogP contribution in [0.3, 0.4) is 0 Å². The molecule has 1 saturated heterocycles. The first-order valence-electron chi connectivity index (χ1n) is 12.6. The van der Waals surface area contributed by atoms with Crippen molar-refractivity contribution in [1.29, 1.82) is 5.26 Å². The second-order valence-corrected chi connectivity index (χ2v) is 10.3. The lowest BCUT2D eigenvalue weighted by atomic mass is 9.74. The van der Waals surface area contributed by atoms with Crippen LogP contribution in [0, 0.1) is 17.1 Å². The van der Waals surface area contributed by atoms with Crippen molar-refractivity contribution in [2.24, 2.45) is 0 Å². The van der Waals surface area contributed by atoms with Crippen LogP contribution in [0.5, 0.6) is 0 Å². The molecule has 1 aliphatic heterocycles. The molecule has 1 saturated carbocycles. The first kappa shape index (κ1) is 28.0. The number of alkyl halides is 2. The van der Waals surface area contributed by atoms with Crippen molar-refractivity contribution >= 4 is 40.8 Å². The van der Waals surface area contributed by atoms with Crippen LogP contribution in [0.2, 0.25) is 5.02 Å². The molecule has 210 valence electrons. The fraction of sp³-hybridized carbons (Fsp3) is 0.286. The maximum atomic E-state index is 14.3. The van der Waals surface area contributed by atoms with Gasteiger partial charge in [0, 0.05) is 42.6 Å². The van der Waals surface area contributed by atoms with Crippen molar-refractivity contribution < 1.29 is 27.6 Å². The molecule has 0 spiro atoms. The number of carbonyl (C=O) groups excluding carboxylic acids is 3. The minimum Gasteiger partial charge on any atom is -0.352 e. The fourth-order valence-electron chi connectivity index (χ4n) is 5.40. The lowest BCUT2D eigenvalue weighted by molar-refractivity contribution is -0.136. The SMILES string of the molecule is N#Cc1ccnc(N2C(=O)CCC2(C(=O)Nc2cncc(F)c2)[C@H](C(=O)NC2CC(F)(F)C2)c2ccccc2Cl)c1. The van der Waals surface area contributed by atoms with Crippen molar-refractivity contribution in [3.8, 4) is 6.07 Å². The summed E-state index contributed by atoms with van der Waals surface area (Å²) in [6.45, 7) is 0. The van der Waals surface area contributed by atoms with E-state index in [4.69, 9.17) is 11.6 Å². The number of halogens is 4. The van der Waals surface area contributed by atoms with Gasteiger partial charge >= 0.3 is 0 Å². The highest BCUT2D eigenvalue weighted by molar-refractivity contribution is 6.32. The Labute approximate surface area is 237 Å². The average Bonchev–Trinajstić information content (AvgIpc) is 3.26. The molecule has 0 bridgehead atoms. The van der Waals surface area contributed by atoms with Crippen LogP contribution in [0.4, 0.5) is 24.7 Å². The third kappa shape index (κ3) is 5.32. The van der Waals surface area contributed by atoms with Crippen LogP contribution in [0.15, 0.2) is 61.1 Å². The fourth-order valence-corrected chi connectivity index (χ4v) is 5.64. The number of benzene rings is 1. The Morgan fingerprint density at radius 1 is 1.17 bits per heavy atom. The van der Waals surface area contributed by atoms with Crippen LogP contribution in [-0.4, -0.2) is 45.2 Å². The van der Waals surface area contributed by atoms with Crippen molar-refractivity contribution in [1.82, 2.24) is 15.3 Å². The second kappa shape index (κ2) is 10.8. The Hall–Kier alpha value is -4.50. The van der Waals surface area contributed by atoms with Crippen molar-refractivity contribution in [3.63, 3.8) is 0 Å². The van der Waals surface area contributed by atoms with Crippen LogP contribution >= 0.6 is 11.6 Å². The number of hydrogen-bond acceptors (Lipinski definition) is 6. The van der Waals surface area contributed by atoms with Crippen molar-refractivity contribution in [3.05, 3.63) is 83.0 Å². The molecule has 2 aromatic heterocycles. The highest BCUT2D eigenvalue weighted by Crippen LogP contribution is 2.47. The van der Waals surface area contributed by atoms with Gasteiger partial charge in [0.2, 0.25) is 11.8 Å². The molecule has 3 aromatic rings. The number of aromatic nitrogens is 2. The van der Waals surface area contributed by atoms with E-state index in [1.807, 2.05) is 6.07 Å². The summed E-state index contributed by atoms with van der Waals surface area (Å²) in [5, 5.41) is 14.7. The van der Waals surface area contributed by atoms with Gasteiger partial charge in [0.15, 0.2) is 0 Å². The number of amides is 3. The second-order valence-electron chi connectivity index (χ2n) is 9.94. The zero-order chi connectivity index (χ0) is 29.4. The smallest absolute Gasteiger partial charge is 0.252 e. The summed E-state index contributed by atoms with van der Waals surface area (Å²) in [5.74, 6) is -7.58. The Balaban J connectivity index is 1.69. The first-order valence-corrected chi connectivity index (χ1v) is 13.0. The molecule has 3 heterocycles. The molecular formula is C28H22ClF3N6O3. The number of hydrogen-bond donors (Lipinski definition) is 2. The van der Waals surface area contributed by atoms with Gasteiger partial charge < -0.3 is 10.6 Å². The van der Waals surface area contributed by atoms with Gasteiger partial charge in [0.1, 0.15) is 17.2 Å². The molecule has 9 nitrogen and oxygen atoms in total. The Bertz CT molecular complexity index is 1570. The normalized spacial score (nSPS) is 20.6. The van der Waals surface area contributed by atoms with Crippen molar-refractivity contribution in [2.45, 2.75) is 49.1 Å². The van der Waals surface area contributed by atoms with E-state index in [1.165, 1.54) is 36.7 Å². The van der Waals surface area contributed by atoms with E-state index in [-0.39, 0.29) is 40.5 Å². The summed E-state index contributed by atoms with van der Waals surface area (Å²) in [4.78, 5) is 50.9. The summed E-state index contributed by atoms with van der Waals surface area (Å²) >= 11 is 6.54. The van der Waals surface area contributed by atoms with E-state index in [1.54, 1.807) is 12.1 Å². The third-order valence-corrected chi connectivity index (χ3v) is 7.56. The van der Waals surface area contributed by atoms with Crippen LogP contribution in [0.1, 0.15) is 42.7 Å². The maximum absolute atomic E-state index is 14.3. The number of rotatable bonds is 7. The monoisotopic (exact) mass is 582 g/mol. The molecule has 0 radical (unpaired) electrons. The van der Waals surface area contributed by atoms with E-state index in [2.05, 4.69) is 20.6 Å². The van der Waals surface area contributed by atoms with Crippen LogP contribution < -0.4 is 15.5 Å². The minimum absolute atomic E-state index is 0.0515. The molecule has 2 N–H and O–H groups in total. The molecule has 41 heavy (non-hydrogen) atoms. The maximum Gasteiger partial charge on any atom is 0.252 e. The largest absolute Gasteiger partial charge is 0.352 e. The van der Waals surface area contributed by atoms with Gasteiger partial charge in [-0.25, -0.2) is 18.2 Å². The molecule has 1 aromatic carbocycles. The molecule has 2 fully saturated rings. The highest BCUT2D eigenvalue weighted by Gasteiger charge is 2.61. The number of nitriles is 1. The van der Waals surface area contributed by atoms with Gasteiger partial charge in [-0.2, -0.15) is 5.26 Å². The number of nitrogens with one attached hydrogen (secondary N) is 2. The number of carbonyl (C=O) groups is 3. The third-order valence-electron chi connectivity index (χ3n) is 7.22. The summed E-state index contributed by atoms with van der Waals surface area (Å²) in [7, 11) is 0. The molecule has 13 heteroatoms. The lowest BCUT2D eigenvalue weighted by Gasteiger charge is -2.43. The quantitative estimate of drug-likeness (QED) is 0.426. The number of nitrogens with zero attached hydrogens (tertiary/aromatic N) is 4. The van der Waals surface area contributed by atoms with Crippen molar-refractivity contribution in [2.75, 3.05) is 10.2 Å². The molecule has 1 aliphatic carbocycles. The van der Waals surface area contributed by atoms with E-state index < -0.39 is 59.8 Å². The summed E-state index contributed by atoms with van der Waals surface area (Å²) in [6, 6.07) is 11.0. The molecule has 2 aliphatic rings. The number of pyridine rings is 2. The predicted octanol–water partition coefficient (Wildman–Crippen LogP) is 4.34. The summed E-state index contributed by atoms with van der Waals surface area (Å²) in [6.07, 6.45) is 1.80. The number of anilines is 2. The van der Waals surface area contributed by atoms with E-state index in [9.17, 15) is 32.8 Å². The summed E-state index contributed by atoms with van der Waals surface area (Å²) in [5.41, 5.74) is -1.83. The molecular weight excluding hydrogens is 561 g/mol. The standard InChI is InChI=1S/C28H22ClF3N6O3/c29-21-4-2-1-3-20(21)24(25(40)36-19-11-27(31,32)12-19)28(26(41)37-18-10-17(30)14-34-15-18)7-5-23(39)38(28)22-9-16(13-33)6-8-35-22/h1-4,6,8-10,14-15,19,24H,5,7,11-12H2,(H,36,40)(H,37,41)/t24-,28?/m0/s1. The zero-order valence-corrected chi connectivity index (χ0v) is 22.0. The predicted molar refractivity (Wildman–Crippen MR) is 142 cm³/mol.